The average Bonchev–Trinajstić information content (AvgIpc) is 0.868. The molecular formula is C90H198O2Si4. The molecule has 96 heavy (non-hydrogen) atoms. The second kappa shape index (κ2) is 53.3. The van der Waals surface area contributed by atoms with Crippen molar-refractivity contribution in [1.82, 2.24) is 0 Å². The van der Waals surface area contributed by atoms with Crippen molar-refractivity contribution in [2.75, 3.05) is 14.2 Å². The predicted octanol–water partition coefficient (Wildman–Crippen LogP) is 34.8. The lowest BCUT2D eigenvalue weighted by Gasteiger charge is -2.47. The zero-order valence-corrected chi connectivity index (χ0v) is 83.0. The Bertz CT molecular complexity index is 1850. The van der Waals surface area contributed by atoms with Crippen LogP contribution in [0.25, 0.3) is 0 Å². The molecule has 0 N–H and O–H groups in total. The van der Waals surface area contributed by atoms with Gasteiger partial charge >= 0.3 is 0 Å². The first-order valence-electron chi connectivity index (χ1n) is 39.2. The number of hydrogen-bond donors (Lipinski definition) is 0. The van der Waals surface area contributed by atoms with E-state index in [0.29, 0.717) is 37.4 Å². The third kappa shape index (κ3) is 65.5. The van der Waals surface area contributed by atoms with Gasteiger partial charge in [0, 0.05) is 30.4 Å². The van der Waals surface area contributed by atoms with Crippen molar-refractivity contribution in [2.45, 2.75) is 483 Å². The van der Waals surface area contributed by atoms with Gasteiger partial charge in [-0.2, -0.15) is 0 Å². The van der Waals surface area contributed by atoms with Crippen molar-refractivity contribution in [3.8, 4) is 0 Å². The third-order valence-electron chi connectivity index (χ3n) is 22.8. The normalized spacial score (nSPS) is 14.9. The van der Waals surface area contributed by atoms with Gasteiger partial charge in [0.1, 0.15) is 0 Å². The molecule has 0 aliphatic heterocycles. The van der Waals surface area contributed by atoms with Crippen molar-refractivity contribution in [2.24, 2.45) is 29.1 Å². The molecule has 0 unspecified atom stereocenters. The van der Waals surface area contributed by atoms with Gasteiger partial charge in [-0.15, -0.1) is 0 Å². The minimum Gasteiger partial charge on any atom is -0.379 e. The van der Waals surface area contributed by atoms with Crippen LogP contribution in [0.3, 0.4) is 0 Å². The predicted molar refractivity (Wildman–Crippen MR) is 473 cm³/mol. The molecular weight excluding hydrogens is 1230 g/mol. The van der Waals surface area contributed by atoms with E-state index in [9.17, 15) is 0 Å². The summed E-state index contributed by atoms with van der Waals surface area (Å²) in [6.45, 7) is 128. The zero-order chi connectivity index (χ0) is 80.5. The van der Waals surface area contributed by atoms with Crippen molar-refractivity contribution < 1.29 is 9.47 Å². The second-order valence-corrected chi connectivity index (χ2v) is 66.3. The molecule has 2 aliphatic carbocycles. The Morgan fingerprint density at radius 3 is 0.500 bits per heavy atom. The summed E-state index contributed by atoms with van der Waals surface area (Å²) in [4.78, 5) is 0. The van der Waals surface area contributed by atoms with Gasteiger partial charge in [-0.05, 0) is 205 Å². The molecule has 0 heterocycles. The molecule has 0 saturated heterocycles. The molecule has 2 nitrogen and oxygen atoms in total. The molecule has 0 aromatic carbocycles. The van der Waals surface area contributed by atoms with Crippen LogP contribution in [0.5, 0.6) is 0 Å². The number of ether oxygens (including phenoxy) is 2. The molecule has 0 aromatic heterocycles. The van der Waals surface area contributed by atoms with Crippen LogP contribution in [0.2, 0.25) is 94.7 Å². The summed E-state index contributed by atoms with van der Waals surface area (Å²) in [5.74, 6) is 2.87. The molecule has 586 valence electrons. The largest absolute Gasteiger partial charge is 0.379 e. The van der Waals surface area contributed by atoms with Gasteiger partial charge in [-0.1, -0.05) is 353 Å². The summed E-state index contributed by atoms with van der Waals surface area (Å²) < 4.78 is 9.88. The first-order valence-corrected chi connectivity index (χ1v) is 51.5. The molecule has 0 saturated carbocycles. The summed E-state index contributed by atoms with van der Waals surface area (Å²) in [6, 6.07) is 0. The second-order valence-electron chi connectivity index (χ2n) is 41.5. The number of allylic oxidation sites excluding steroid dienone is 10. The van der Waals surface area contributed by atoms with E-state index >= 15 is 0 Å². The minimum atomic E-state index is -1.11. The number of hydrogen-bond acceptors (Lipinski definition) is 2. The Balaban J connectivity index is -0.000000106. The Morgan fingerprint density at radius 2 is 0.458 bits per heavy atom. The highest BCUT2D eigenvalue weighted by atomic mass is 28.3. The maximum absolute atomic E-state index is 4.94. The molecule has 0 atom stereocenters. The lowest BCUT2D eigenvalue weighted by Crippen LogP contribution is -2.46. The van der Waals surface area contributed by atoms with E-state index in [-0.39, 0.29) is 11.2 Å². The van der Waals surface area contributed by atoms with Gasteiger partial charge in [0.15, 0.2) is 0 Å². The first-order chi connectivity index (χ1) is 41.8. The zero-order valence-electron chi connectivity index (χ0n) is 79.0. The topological polar surface area (TPSA) is 18.5 Å². The van der Waals surface area contributed by atoms with Crippen LogP contribution in [-0.4, -0.2) is 57.7 Å². The summed E-state index contributed by atoms with van der Waals surface area (Å²) in [5.41, 5.74) is 16.7. The molecule has 0 aromatic rings. The molecule has 0 bridgehead atoms. The molecule has 0 fully saturated rings. The lowest BCUT2D eigenvalue weighted by atomic mass is 9.93. The average molecular weight is 1420 g/mol. The van der Waals surface area contributed by atoms with Crippen molar-refractivity contribution >= 4 is 32.3 Å². The fraction of sp³-hybridized carbons (Fsp3) is 0.889. The van der Waals surface area contributed by atoms with Crippen LogP contribution in [0.15, 0.2) is 56.7 Å². The summed E-state index contributed by atoms with van der Waals surface area (Å²) in [7, 11) is -0.512. The maximum atomic E-state index is 4.94. The number of rotatable bonds is 8. The Kier molecular flexibility index (Phi) is 64.8. The van der Waals surface area contributed by atoms with Crippen LogP contribution in [-0.2, 0) is 9.47 Å². The monoisotopic (exact) mass is 1420 g/mol. The molecule has 2 aliphatic rings. The fourth-order valence-electron chi connectivity index (χ4n) is 8.63. The van der Waals surface area contributed by atoms with E-state index in [0.717, 1.165) is 34.0 Å². The van der Waals surface area contributed by atoms with Crippen LogP contribution in [0.1, 0.15) is 377 Å². The van der Waals surface area contributed by atoms with E-state index in [1.165, 1.54) is 56.1 Å². The van der Waals surface area contributed by atoms with Gasteiger partial charge < -0.3 is 9.47 Å². The highest BCUT2D eigenvalue weighted by molar-refractivity contribution is 6.84. The molecule has 0 amide bonds. The summed E-state index contributed by atoms with van der Waals surface area (Å²) in [5, 5.41) is 2.23. The van der Waals surface area contributed by atoms with Crippen LogP contribution in [0, 0.1) is 29.1 Å². The van der Waals surface area contributed by atoms with Crippen molar-refractivity contribution in [3.63, 3.8) is 0 Å². The smallest absolute Gasteiger partial charge is 0.0610 e. The minimum absolute atomic E-state index is 0.0417. The Labute approximate surface area is 621 Å². The van der Waals surface area contributed by atoms with Gasteiger partial charge in [0.2, 0.25) is 0 Å². The lowest BCUT2D eigenvalue weighted by molar-refractivity contribution is 0.0394. The van der Waals surface area contributed by atoms with Gasteiger partial charge in [-0.25, -0.2) is 0 Å². The first kappa shape index (κ1) is 117. The van der Waals surface area contributed by atoms with Gasteiger partial charge in [-0.3, -0.25) is 0 Å². The maximum Gasteiger partial charge on any atom is 0.0610 e. The Morgan fingerprint density at radius 1 is 0.312 bits per heavy atom. The van der Waals surface area contributed by atoms with E-state index in [1.807, 2.05) is 41.5 Å². The van der Waals surface area contributed by atoms with Crippen molar-refractivity contribution in [3.05, 3.63) is 56.7 Å². The quantitative estimate of drug-likeness (QED) is 0.178. The molecule has 2 rings (SSSR count). The summed E-state index contributed by atoms with van der Waals surface area (Å²) >= 11 is 0. The highest BCUT2D eigenvalue weighted by Crippen LogP contribution is 2.51. The molecule has 0 radical (unpaired) electrons. The van der Waals surface area contributed by atoms with Crippen molar-refractivity contribution in [1.29, 1.82) is 0 Å². The number of methoxy groups -OCH3 is 2. The highest BCUT2D eigenvalue weighted by Gasteiger charge is 2.45. The Hall–Kier alpha value is -0.512. The van der Waals surface area contributed by atoms with E-state index in [4.69, 9.17) is 9.47 Å². The SMILES string of the molecule is C/C(=C(\C)C(C)C)C(C)C.C/C=C(\C)C(C)C.C/C=C(\C)C(C)C.CC(C)(C)C.CC(C)(C)[Si](C)(C)C.CC(C)(C)[Si](C)(C)C.CC(C)[Si](C)(C(C)C)C(C)(C)C.CC(C)[Si](C)(C(C)C)C(C)(C)C.CC1=C(C)CCC1.CC1=C(C)CCCC1.COC(C)(C)C.COC(C)(C)C. The fourth-order valence-corrected chi connectivity index (χ4v) is 18.2. The van der Waals surface area contributed by atoms with Crippen LogP contribution >= 0.6 is 0 Å². The van der Waals surface area contributed by atoms with Gasteiger partial charge in [0.05, 0.1) is 27.3 Å². The van der Waals surface area contributed by atoms with Gasteiger partial charge in [0.25, 0.3) is 0 Å². The van der Waals surface area contributed by atoms with E-state index in [2.05, 4.69) is 355 Å². The standard InChI is InChI=1S/2C11H26Si.C10H20.C8H14.2C7H18Si.C7H12.2C7H14.2C5H12O.C5H12/c2*1-9(2)12(8,10(3)4)11(5,6)7;1-7(2)9(5)10(6)8(3)4;1-7-5-3-4-6-8(7)2;2*1-7(2,3)8(4,5)6;1-6-4-3-5-7(6)2;2*1-5-7(4)6(2)3;2*1-5(2,3)6-4;1-5(2,3)4/h2*9-10H,1-8H3;7-8H,1-6H3;3-6H2,1-2H3;2*1-6H3;3-5H2,1-2H3;2*5-6H,1-4H3;2*1-4H3;1-4H3/b;;10-9-;;;;;2*7-5+;;;. The third-order valence-corrected chi connectivity index (χ3v) is 47.8. The molecule has 6 heteroatoms. The van der Waals surface area contributed by atoms with E-state index in [1.54, 1.807) is 47.7 Å². The van der Waals surface area contributed by atoms with Crippen LogP contribution < -0.4 is 0 Å². The molecule has 0 spiro atoms. The van der Waals surface area contributed by atoms with E-state index < -0.39 is 32.3 Å². The summed E-state index contributed by atoms with van der Waals surface area (Å²) in [6.07, 6.45) is 14.0. The van der Waals surface area contributed by atoms with Crippen LogP contribution in [0.4, 0.5) is 0 Å².